The van der Waals surface area contributed by atoms with Crippen LogP contribution in [0.1, 0.15) is 25.8 Å². The smallest absolute Gasteiger partial charge is 0.263 e. The maximum Gasteiger partial charge on any atom is 0.263 e. The largest absolute Gasteiger partial charge is 0.365 e. The van der Waals surface area contributed by atoms with Crippen molar-refractivity contribution in [2.24, 2.45) is 5.73 Å². The zero-order valence-electron chi connectivity index (χ0n) is 12.7. The molecule has 2 heterocycles. The van der Waals surface area contributed by atoms with Gasteiger partial charge in [-0.05, 0) is 19.1 Å². The zero-order chi connectivity index (χ0) is 18.1. The highest BCUT2D eigenvalue weighted by molar-refractivity contribution is 7.17. The minimum Gasteiger partial charge on any atom is -0.365 e. The molecule has 2 amide bonds. The van der Waals surface area contributed by atoms with E-state index in [4.69, 9.17) is 33.5 Å². The van der Waals surface area contributed by atoms with Gasteiger partial charge in [0.15, 0.2) is 5.13 Å². The summed E-state index contributed by atoms with van der Waals surface area (Å²) in [5.41, 5.74) is 5.96. The van der Waals surface area contributed by atoms with Gasteiger partial charge in [0.2, 0.25) is 0 Å². The van der Waals surface area contributed by atoms with Crippen LogP contribution in [0.25, 0.3) is 11.3 Å². The fourth-order valence-corrected chi connectivity index (χ4v) is 3.38. The Morgan fingerprint density at radius 1 is 1.28 bits per heavy atom. The molecule has 1 aromatic carbocycles. The summed E-state index contributed by atoms with van der Waals surface area (Å²) in [4.78, 5) is 27.9. The molecule has 0 saturated heterocycles. The Morgan fingerprint density at radius 2 is 1.96 bits per heavy atom. The summed E-state index contributed by atoms with van der Waals surface area (Å²) >= 11 is 13.3. The Morgan fingerprint density at radius 3 is 2.56 bits per heavy atom. The van der Waals surface area contributed by atoms with Gasteiger partial charge < -0.3 is 10.3 Å². The number of aryl methyl sites for hydroxylation is 1. The van der Waals surface area contributed by atoms with Crippen molar-refractivity contribution in [3.05, 3.63) is 50.6 Å². The van der Waals surface area contributed by atoms with Crippen LogP contribution in [0.5, 0.6) is 0 Å². The first kappa shape index (κ1) is 17.4. The third-order valence-electron chi connectivity index (χ3n) is 3.26. The molecule has 25 heavy (non-hydrogen) atoms. The Labute approximate surface area is 155 Å². The predicted octanol–water partition coefficient (Wildman–Crippen LogP) is 3.76. The zero-order valence-corrected chi connectivity index (χ0v) is 15.0. The number of nitrogens with one attached hydrogen (secondary N) is 1. The number of carbonyl (C=O) groups excluding carboxylic acids is 2. The van der Waals surface area contributed by atoms with Crippen molar-refractivity contribution in [3.63, 3.8) is 0 Å². The molecule has 0 bridgehead atoms. The van der Waals surface area contributed by atoms with E-state index in [1.54, 1.807) is 25.1 Å². The van der Waals surface area contributed by atoms with E-state index in [0.29, 0.717) is 15.6 Å². The molecule has 128 valence electrons. The standard InChI is InChI=1S/C15H10Cl2N4O3S/c1-6-10(14(23)20-15-19-5-9(25-15)13(18)22)12(21-24-6)11-7(16)3-2-4-8(11)17/h2-5H,1H3,(H2,18,22)(H,19,20,23). The first-order valence-electron chi connectivity index (χ1n) is 6.86. The summed E-state index contributed by atoms with van der Waals surface area (Å²) in [7, 11) is 0. The lowest BCUT2D eigenvalue weighted by atomic mass is 10.1. The molecular formula is C15H10Cl2N4O3S. The van der Waals surface area contributed by atoms with Gasteiger partial charge in [-0.3, -0.25) is 14.9 Å². The number of aromatic nitrogens is 2. The molecule has 3 rings (SSSR count). The highest BCUT2D eigenvalue weighted by Gasteiger charge is 2.25. The van der Waals surface area contributed by atoms with Crippen molar-refractivity contribution in [1.29, 1.82) is 0 Å². The van der Waals surface area contributed by atoms with Gasteiger partial charge in [0, 0.05) is 5.56 Å². The third kappa shape index (κ3) is 3.37. The first-order valence-corrected chi connectivity index (χ1v) is 8.43. The lowest BCUT2D eigenvalue weighted by Crippen LogP contribution is -2.13. The molecule has 0 aliphatic carbocycles. The second kappa shape index (κ2) is 6.83. The fraction of sp³-hybridized carbons (Fsp3) is 0.0667. The second-order valence-corrected chi connectivity index (χ2v) is 6.75. The minimum absolute atomic E-state index is 0.172. The molecular weight excluding hydrogens is 387 g/mol. The molecule has 0 aliphatic rings. The minimum atomic E-state index is -0.623. The topological polar surface area (TPSA) is 111 Å². The van der Waals surface area contributed by atoms with Gasteiger partial charge in [0.25, 0.3) is 11.8 Å². The van der Waals surface area contributed by atoms with Crippen molar-refractivity contribution in [1.82, 2.24) is 10.1 Å². The van der Waals surface area contributed by atoms with Crippen molar-refractivity contribution in [2.75, 3.05) is 5.32 Å². The summed E-state index contributed by atoms with van der Waals surface area (Å²) < 4.78 is 5.14. The average Bonchev–Trinajstić information content (AvgIpc) is 3.14. The van der Waals surface area contributed by atoms with E-state index in [0.717, 1.165) is 11.3 Å². The third-order valence-corrected chi connectivity index (χ3v) is 4.82. The van der Waals surface area contributed by atoms with Gasteiger partial charge in [-0.25, -0.2) is 4.98 Å². The SMILES string of the molecule is Cc1onc(-c2c(Cl)cccc2Cl)c1C(=O)Nc1ncc(C(N)=O)s1. The number of nitrogens with two attached hydrogens (primary N) is 1. The summed E-state index contributed by atoms with van der Waals surface area (Å²) in [6.07, 6.45) is 1.29. The number of halogens is 2. The molecule has 7 nitrogen and oxygen atoms in total. The number of primary amides is 1. The molecule has 0 atom stereocenters. The highest BCUT2D eigenvalue weighted by Crippen LogP contribution is 2.37. The van der Waals surface area contributed by atoms with Crippen LogP contribution >= 0.6 is 34.5 Å². The molecule has 2 aromatic heterocycles. The quantitative estimate of drug-likeness (QED) is 0.696. The van der Waals surface area contributed by atoms with Gasteiger partial charge in [-0.15, -0.1) is 0 Å². The van der Waals surface area contributed by atoms with E-state index >= 15 is 0 Å². The highest BCUT2D eigenvalue weighted by atomic mass is 35.5. The Balaban J connectivity index is 1.98. The van der Waals surface area contributed by atoms with Crippen molar-refractivity contribution < 1.29 is 14.1 Å². The molecule has 10 heteroatoms. The molecule has 0 unspecified atom stereocenters. The van der Waals surface area contributed by atoms with E-state index in [-0.39, 0.29) is 27.0 Å². The fourth-order valence-electron chi connectivity index (χ4n) is 2.14. The van der Waals surface area contributed by atoms with Crippen LogP contribution in [0.4, 0.5) is 5.13 Å². The molecule has 3 aromatic rings. The van der Waals surface area contributed by atoms with E-state index in [1.807, 2.05) is 0 Å². The normalized spacial score (nSPS) is 10.7. The van der Waals surface area contributed by atoms with Gasteiger partial charge in [-0.2, -0.15) is 0 Å². The van der Waals surface area contributed by atoms with Gasteiger partial charge in [-0.1, -0.05) is 45.8 Å². The number of benzene rings is 1. The number of hydrogen-bond acceptors (Lipinski definition) is 6. The van der Waals surface area contributed by atoms with Gasteiger partial charge in [0.05, 0.1) is 16.2 Å². The number of thiazole rings is 1. The molecule has 0 fully saturated rings. The number of carbonyl (C=O) groups is 2. The van der Waals surface area contributed by atoms with Crippen molar-refractivity contribution in [2.45, 2.75) is 6.92 Å². The lowest BCUT2D eigenvalue weighted by molar-refractivity contribution is 0.100. The summed E-state index contributed by atoms with van der Waals surface area (Å²) in [5, 5.41) is 7.38. The van der Waals surface area contributed by atoms with Gasteiger partial charge >= 0.3 is 0 Å². The lowest BCUT2D eigenvalue weighted by Gasteiger charge is -2.06. The maximum atomic E-state index is 12.6. The van der Waals surface area contributed by atoms with Crippen LogP contribution in [0.3, 0.4) is 0 Å². The summed E-state index contributed by atoms with van der Waals surface area (Å²) in [5.74, 6) is -0.854. The van der Waals surface area contributed by atoms with E-state index < -0.39 is 11.8 Å². The van der Waals surface area contributed by atoms with E-state index in [1.165, 1.54) is 6.20 Å². The van der Waals surface area contributed by atoms with Crippen LogP contribution in [0, 0.1) is 6.92 Å². The predicted molar refractivity (Wildman–Crippen MR) is 95.3 cm³/mol. The van der Waals surface area contributed by atoms with Crippen LogP contribution < -0.4 is 11.1 Å². The van der Waals surface area contributed by atoms with Gasteiger partial charge in [0.1, 0.15) is 21.9 Å². The Hall–Kier alpha value is -2.42. The molecule has 0 saturated carbocycles. The summed E-state index contributed by atoms with van der Waals surface area (Å²) in [6, 6.07) is 4.95. The molecule has 3 N–H and O–H groups in total. The van der Waals surface area contributed by atoms with Crippen LogP contribution in [-0.2, 0) is 0 Å². The second-order valence-electron chi connectivity index (χ2n) is 4.91. The van der Waals surface area contributed by atoms with E-state index in [9.17, 15) is 9.59 Å². The van der Waals surface area contributed by atoms with E-state index in [2.05, 4.69) is 15.5 Å². The van der Waals surface area contributed by atoms with Crippen molar-refractivity contribution in [3.8, 4) is 11.3 Å². The molecule has 0 spiro atoms. The number of hydrogen-bond donors (Lipinski definition) is 2. The maximum absolute atomic E-state index is 12.6. The number of anilines is 1. The first-order chi connectivity index (χ1) is 11.9. The molecule has 0 radical (unpaired) electrons. The number of amides is 2. The van der Waals surface area contributed by atoms with Crippen molar-refractivity contribution >= 4 is 51.5 Å². The van der Waals surface area contributed by atoms with Crippen LogP contribution in [-0.4, -0.2) is 22.0 Å². The molecule has 0 aliphatic heterocycles. The van der Waals surface area contributed by atoms with Crippen LogP contribution in [0.15, 0.2) is 28.9 Å². The number of nitrogens with zero attached hydrogens (tertiary/aromatic N) is 2. The Bertz CT molecular complexity index is 963. The van der Waals surface area contributed by atoms with Crippen LogP contribution in [0.2, 0.25) is 10.0 Å². The number of rotatable bonds is 4. The monoisotopic (exact) mass is 396 g/mol. The average molecular weight is 397 g/mol. The Kier molecular flexibility index (Phi) is 4.76. The summed E-state index contributed by atoms with van der Waals surface area (Å²) in [6.45, 7) is 1.59.